The topological polar surface area (TPSA) is 35.5 Å². The monoisotopic (exact) mass is 302 g/mol. The fourth-order valence-electron chi connectivity index (χ4n) is 2.02. The van der Waals surface area contributed by atoms with Crippen LogP contribution in [-0.2, 0) is 4.74 Å². The molecule has 4 heteroatoms. The molecule has 2 rings (SSSR count). The Morgan fingerprint density at radius 1 is 1.14 bits per heavy atom. The number of hydrogen-bond acceptors (Lipinski definition) is 3. The number of carbonyl (C=O) groups excluding carboxylic acids is 1. The van der Waals surface area contributed by atoms with Gasteiger partial charge in [-0.2, -0.15) is 0 Å². The van der Waals surface area contributed by atoms with Crippen molar-refractivity contribution in [3.05, 3.63) is 53.6 Å². The molecule has 2 aromatic rings. The van der Waals surface area contributed by atoms with Crippen LogP contribution in [0.4, 0.5) is 0 Å². The Kier molecular flexibility index (Phi) is 5.49. The molecule has 110 valence electrons. The second-order valence-electron chi connectivity index (χ2n) is 4.78. The Bertz CT molecular complexity index is 638. The van der Waals surface area contributed by atoms with Crippen molar-refractivity contribution in [2.75, 3.05) is 13.9 Å². The third-order valence-electron chi connectivity index (χ3n) is 3.04. The van der Waals surface area contributed by atoms with E-state index in [-0.39, 0.29) is 12.6 Å². The first-order valence-corrected chi connectivity index (χ1v) is 7.71. The summed E-state index contributed by atoms with van der Waals surface area (Å²) in [5, 5.41) is 2.11. The lowest BCUT2D eigenvalue weighted by atomic mass is 10.1. The maximum absolute atomic E-state index is 11.8. The summed E-state index contributed by atoms with van der Waals surface area (Å²) in [6.07, 6.45) is 0. The second kappa shape index (κ2) is 7.35. The van der Waals surface area contributed by atoms with Crippen LogP contribution in [0, 0.1) is 6.92 Å². The first-order chi connectivity index (χ1) is 10.1. The van der Waals surface area contributed by atoms with Crippen molar-refractivity contribution in [3.8, 4) is 5.75 Å². The van der Waals surface area contributed by atoms with Crippen molar-refractivity contribution < 1.29 is 14.3 Å². The molecule has 0 amide bonds. The van der Waals surface area contributed by atoms with Crippen LogP contribution < -0.4 is 15.3 Å². The highest BCUT2D eigenvalue weighted by Crippen LogP contribution is 2.21. The summed E-state index contributed by atoms with van der Waals surface area (Å²) in [5.41, 5.74) is 1.88. The summed E-state index contributed by atoms with van der Waals surface area (Å²) in [6, 6.07) is 13.9. The average molecular weight is 302 g/mol. The fraction of sp³-hybridized carbons (Fsp3) is 0.235. The van der Waals surface area contributed by atoms with Gasteiger partial charge in [-0.05, 0) is 31.3 Å². The quantitative estimate of drug-likeness (QED) is 0.467. The van der Waals surface area contributed by atoms with E-state index in [0.29, 0.717) is 8.58 Å². The Balaban J connectivity index is 2.32. The summed E-state index contributed by atoms with van der Waals surface area (Å²) in [4.78, 5) is 11.8. The summed E-state index contributed by atoms with van der Waals surface area (Å²) in [7, 11) is 1.97. The summed E-state index contributed by atoms with van der Waals surface area (Å²) >= 11 is 0. The van der Waals surface area contributed by atoms with Crippen molar-refractivity contribution in [2.24, 2.45) is 0 Å². The van der Waals surface area contributed by atoms with Gasteiger partial charge < -0.3 is 9.47 Å². The Hall–Kier alpha value is -1.70. The summed E-state index contributed by atoms with van der Waals surface area (Å²) in [5.74, 6) is 0.893. The van der Waals surface area contributed by atoms with Gasteiger partial charge in [0.1, 0.15) is 5.75 Å². The number of Topliss-reactive ketones (excluding diaryl/α,β-unsaturated/α-hetero) is 1. The zero-order valence-electron chi connectivity index (χ0n) is 12.5. The molecule has 0 spiro atoms. The smallest absolute Gasteiger partial charge is 0.188 e. The first-order valence-electron chi connectivity index (χ1n) is 6.71. The number of ether oxygens (including phenoxy) is 2. The molecule has 0 saturated carbocycles. The van der Waals surface area contributed by atoms with E-state index in [9.17, 15) is 4.79 Å². The molecule has 0 radical (unpaired) electrons. The molecule has 21 heavy (non-hydrogen) atoms. The number of aryl methyl sites for hydroxylation is 1. The largest absolute Gasteiger partial charge is 0.467 e. The molecule has 0 aliphatic heterocycles. The van der Waals surface area contributed by atoms with E-state index in [1.165, 1.54) is 0 Å². The predicted octanol–water partition coefficient (Wildman–Crippen LogP) is 2.81. The Morgan fingerprint density at radius 2 is 1.90 bits per heavy atom. The van der Waals surface area contributed by atoms with Crippen LogP contribution in [0.25, 0.3) is 0 Å². The lowest BCUT2D eigenvalue weighted by Crippen LogP contribution is -2.15. The molecule has 1 atom stereocenters. The molecule has 0 fully saturated rings. The van der Waals surface area contributed by atoms with E-state index >= 15 is 0 Å². The number of carbonyl (C=O) groups is 1. The van der Waals surface area contributed by atoms with Gasteiger partial charge in [0.2, 0.25) is 0 Å². The third kappa shape index (κ3) is 4.13. The number of ketones is 1. The predicted molar refractivity (Wildman–Crippen MR) is 87.7 cm³/mol. The van der Waals surface area contributed by atoms with Crippen molar-refractivity contribution >= 4 is 25.0 Å². The lowest BCUT2D eigenvalue weighted by molar-refractivity contribution is 0.0519. The van der Waals surface area contributed by atoms with Crippen LogP contribution >= 0.6 is 8.58 Å². The third-order valence-corrected chi connectivity index (χ3v) is 4.43. The first kappa shape index (κ1) is 15.7. The van der Waals surface area contributed by atoms with E-state index in [0.717, 1.165) is 27.5 Å². The van der Waals surface area contributed by atoms with E-state index in [2.05, 4.69) is 0 Å². The van der Waals surface area contributed by atoms with Crippen LogP contribution in [0.2, 0.25) is 0 Å². The zero-order valence-corrected chi connectivity index (χ0v) is 13.5. The van der Waals surface area contributed by atoms with Crippen LogP contribution in [0.15, 0.2) is 42.5 Å². The highest BCUT2D eigenvalue weighted by Gasteiger charge is 2.11. The van der Waals surface area contributed by atoms with Crippen LogP contribution in [0.5, 0.6) is 5.75 Å². The number of para-hydroxylation sites is 1. The van der Waals surface area contributed by atoms with Gasteiger partial charge in [0.05, 0.1) is 0 Å². The molecule has 2 aromatic carbocycles. The molecule has 0 aliphatic carbocycles. The molecule has 0 saturated heterocycles. The maximum atomic E-state index is 11.8. The van der Waals surface area contributed by atoms with E-state index < -0.39 is 0 Å². The van der Waals surface area contributed by atoms with Gasteiger partial charge >= 0.3 is 0 Å². The molecule has 3 nitrogen and oxygen atoms in total. The lowest BCUT2D eigenvalue weighted by Gasteiger charge is -2.13. The fourth-order valence-corrected chi connectivity index (χ4v) is 3.32. The molecule has 1 unspecified atom stereocenters. The second-order valence-corrected chi connectivity index (χ2v) is 6.10. The van der Waals surface area contributed by atoms with E-state index in [1.807, 2.05) is 49.4 Å². The molecular weight excluding hydrogens is 283 g/mol. The van der Waals surface area contributed by atoms with Crippen molar-refractivity contribution in [1.29, 1.82) is 0 Å². The minimum Gasteiger partial charge on any atom is -0.467 e. The Morgan fingerprint density at radius 3 is 2.62 bits per heavy atom. The van der Waals surface area contributed by atoms with Gasteiger partial charge in [-0.25, -0.2) is 0 Å². The van der Waals surface area contributed by atoms with Crippen LogP contribution in [0.3, 0.4) is 0 Å². The standard InChI is InChI=1S/C17H19O3P/c1-12-8-9-16(14(10-12)13(2)18)21-17-7-5-4-6-15(17)20-11-19-3/h4-10,21H,11H2,1-3H3. The van der Waals surface area contributed by atoms with Gasteiger partial charge in [-0.15, -0.1) is 0 Å². The van der Waals surface area contributed by atoms with Crippen molar-refractivity contribution in [2.45, 2.75) is 13.8 Å². The highest BCUT2D eigenvalue weighted by molar-refractivity contribution is 7.56. The van der Waals surface area contributed by atoms with E-state index in [1.54, 1.807) is 14.0 Å². The van der Waals surface area contributed by atoms with Crippen LogP contribution in [-0.4, -0.2) is 19.7 Å². The van der Waals surface area contributed by atoms with E-state index in [4.69, 9.17) is 9.47 Å². The molecule has 0 aromatic heterocycles. The molecule has 0 aliphatic rings. The molecule has 0 bridgehead atoms. The summed E-state index contributed by atoms with van der Waals surface area (Å²) < 4.78 is 10.5. The number of benzene rings is 2. The molecular formula is C17H19O3P. The Labute approximate surface area is 127 Å². The van der Waals surface area contributed by atoms with Gasteiger partial charge in [0.15, 0.2) is 12.6 Å². The molecule has 0 heterocycles. The molecule has 0 N–H and O–H groups in total. The zero-order chi connectivity index (χ0) is 15.2. The van der Waals surface area contributed by atoms with Gasteiger partial charge in [-0.1, -0.05) is 44.5 Å². The van der Waals surface area contributed by atoms with Crippen LogP contribution in [0.1, 0.15) is 22.8 Å². The highest BCUT2D eigenvalue weighted by atomic mass is 31.1. The maximum Gasteiger partial charge on any atom is 0.188 e. The minimum atomic E-state index is 0.0940. The SMILES string of the molecule is COCOc1ccccc1Pc1ccc(C)cc1C(C)=O. The van der Waals surface area contributed by atoms with Gasteiger partial charge in [0.25, 0.3) is 0 Å². The van der Waals surface area contributed by atoms with Gasteiger partial charge in [0, 0.05) is 18.0 Å². The number of rotatable bonds is 6. The minimum absolute atomic E-state index is 0.0940. The average Bonchev–Trinajstić information content (AvgIpc) is 2.48. The van der Waals surface area contributed by atoms with Crippen molar-refractivity contribution in [1.82, 2.24) is 0 Å². The number of methoxy groups -OCH3 is 1. The van der Waals surface area contributed by atoms with Crippen molar-refractivity contribution in [3.63, 3.8) is 0 Å². The van der Waals surface area contributed by atoms with Gasteiger partial charge in [-0.3, -0.25) is 4.79 Å². The summed E-state index contributed by atoms with van der Waals surface area (Å²) in [6.45, 7) is 3.82. The number of hydrogen-bond donors (Lipinski definition) is 0. The normalized spacial score (nSPS) is 11.0.